The third-order valence-corrected chi connectivity index (χ3v) is 6.11. The number of carbonyl (C=O) groups is 2. The molecule has 0 aliphatic carbocycles. The van der Waals surface area contributed by atoms with E-state index in [2.05, 4.69) is 15.6 Å². The molecule has 0 atom stereocenters. The Morgan fingerprint density at radius 3 is 2.61 bits per heavy atom. The van der Waals surface area contributed by atoms with Gasteiger partial charge in [-0.15, -0.1) is 22.7 Å². The summed E-state index contributed by atoms with van der Waals surface area (Å²) in [5, 5.41) is 9.84. The molecule has 2 aromatic carbocycles. The van der Waals surface area contributed by atoms with Crippen molar-refractivity contribution < 1.29 is 14.3 Å². The van der Waals surface area contributed by atoms with E-state index in [1.807, 2.05) is 41.9 Å². The number of thiazole rings is 1. The molecule has 2 amide bonds. The fraction of sp³-hybridized carbons (Fsp3) is 0.0870. The van der Waals surface area contributed by atoms with Gasteiger partial charge in [0.2, 0.25) is 0 Å². The second-order valence-electron chi connectivity index (χ2n) is 6.71. The molecule has 0 radical (unpaired) electrons. The number of nitrogens with one attached hydrogen (secondary N) is 2. The predicted octanol–water partition coefficient (Wildman–Crippen LogP) is 5.69. The number of anilines is 2. The van der Waals surface area contributed by atoms with E-state index >= 15 is 0 Å². The first kappa shape index (κ1) is 20.8. The number of thiophene rings is 1. The Bertz CT molecular complexity index is 1230. The van der Waals surface area contributed by atoms with Gasteiger partial charge in [-0.2, -0.15) is 0 Å². The number of aryl methyl sites for hydroxylation is 1. The third kappa shape index (κ3) is 4.82. The van der Waals surface area contributed by atoms with Crippen molar-refractivity contribution >= 4 is 45.3 Å². The molecule has 2 aromatic heterocycles. The first-order valence-corrected chi connectivity index (χ1v) is 11.2. The second kappa shape index (κ2) is 9.11. The van der Waals surface area contributed by atoms with E-state index in [0.29, 0.717) is 21.3 Å². The summed E-state index contributed by atoms with van der Waals surface area (Å²) in [4.78, 5) is 30.1. The number of carbonyl (C=O) groups excluding carboxylic acids is 2. The molecule has 2 heterocycles. The summed E-state index contributed by atoms with van der Waals surface area (Å²) >= 11 is 2.70. The fourth-order valence-electron chi connectivity index (χ4n) is 2.98. The number of amides is 2. The van der Waals surface area contributed by atoms with Gasteiger partial charge < -0.3 is 10.1 Å². The minimum Gasteiger partial charge on any atom is -0.496 e. The van der Waals surface area contributed by atoms with Crippen LogP contribution in [-0.2, 0) is 0 Å². The number of nitrogens with zero attached hydrogens (tertiary/aromatic N) is 1. The van der Waals surface area contributed by atoms with Crippen molar-refractivity contribution in [1.82, 2.24) is 4.98 Å². The highest BCUT2D eigenvalue weighted by atomic mass is 32.1. The highest BCUT2D eigenvalue weighted by Gasteiger charge is 2.14. The van der Waals surface area contributed by atoms with E-state index in [0.717, 1.165) is 22.6 Å². The van der Waals surface area contributed by atoms with Crippen LogP contribution in [0, 0.1) is 6.92 Å². The molecule has 0 spiro atoms. The third-order valence-electron chi connectivity index (χ3n) is 4.48. The molecule has 0 aliphatic heterocycles. The number of methoxy groups -OCH3 is 1. The first-order chi connectivity index (χ1) is 15.0. The number of aromatic nitrogens is 1. The largest absolute Gasteiger partial charge is 0.496 e. The highest BCUT2D eigenvalue weighted by molar-refractivity contribution is 7.14. The smallest absolute Gasteiger partial charge is 0.265 e. The van der Waals surface area contributed by atoms with Crippen molar-refractivity contribution in [2.24, 2.45) is 0 Å². The molecule has 8 heteroatoms. The van der Waals surface area contributed by atoms with Crippen molar-refractivity contribution in [3.8, 4) is 17.0 Å². The topological polar surface area (TPSA) is 80.3 Å². The molecule has 0 unspecified atom stereocenters. The van der Waals surface area contributed by atoms with Crippen LogP contribution in [0.2, 0.25) is 0 Å². The zero-order chi connectivity index (χ0) is 21.8. The Kier molecular flexibility index (Phi) is 6.11. The lowest BCUT2D eigenvalue weighted by molar-refractivity contribution is 0.101. The quantitative estimate of drug-likeness (QED) is 0.396. The summed E-state index contributed by atoms with van der Waals surface area (Å²) in [5.41, 5.74) is 3.68. The van der Waals surface area contributed by atoms with Gasteiger partial charge in [-0.05, 0) is 48.7 Å². The van der Waals surface area contributed by atoms with Crippen LogP contribution in [0.1, 0.15) is 25.6 Å². The summed E-state index contributed by atoms with van der Waals surface area (Å²) in [6.07, 6.45) is 0. The van der Waals surface area contributed by atoms with Gasteiger partial charge >= 0.3 is 0 Å². The van der Waals surface area contributed by atoms with Crippen LogP contribution in [0.5, 0.6) is 5.75 Å². The van der Waals surface area contributed by atoms with Crippen molar-refractivity contribution in [3.63, 3.8) is 0 Å². The molecule has 4 rings (SSSR count). The molecule has 0 fully saturated rings. The number of rotatable bonds is 6. The zero-order valence-corrected chi connectivity index (χ0v) is 18.5. The molecule has 0 saturated carbocycles. The Labute approximate surface area is 187 Å². The van der Waals surface area contributed by atoms with E-state index in [1.54, 1.807) is 37.4 Å². The van der Waals surface area contributed by atoms with Crippen LogP contribution in [-0.4, -0.2) is 23.9 Å². The molecular weight excluding hydrogens is 430 g/mol. The lowest BCUT2D eigenvalue weighted by Crippen LogP contribution is -2.14. The van der Waals surface area contributed by atoms with Crippen LogP contribution in [0.4, 0.5) is 10.8 Å². The van der Waals surface area contributed by atoms with Gasteiger partial charge in [0, 0.05) is 22.2 Å². The fourth-order valence-corrected chi connectivity index (χ4v) is 4.31. The van der Waals surface area contributed by atoms with Crippen molar-refractivity contribution in [2.75, 3.05) is 17.7 Å². The van der Waals surface area contributed by atoms with E-state index in [-0.39, 0.29) is 11.8 Å². The van der Waals surface area contributed by atoms with Crippen LogP contribution in [0.15, 0.2) is 65.4 Å². The van der Waals surface area contributed by atoms with Gasteiger partial charge in [-0.3, -0.25) is 14.9 Å². The summed E-state index contributed by atoms with van der Waals surface area (Å²) in [6, 6.07) is 16.2. The Balaban J connectivity index is 1.48. The molecular formula is C23H19N3O3S2. The van der Waals surface area contributed by atoms with Gasteiger partial charge in [0.25, 0.3) is 11.8 Å². The van der Waals surface area contributed by atoms with Crippen LogP contribution in [0.3, 0.4) is 0 Å². The number of hydrogen-bond donors (Lipinski definition) is 2. The van der Waals surface area contributed by atoms with E-state index < -0.39 is 0 Å². The molecule has 6 nitrogen and oxygen atoms in total. The predicted molar refractivity (Wildman–Crippen MR) is 126 cm³/mol. The summed E-state index contributed by atoms with van der Waals surface area (Å²) in [7, 11) is 1.62. The van der Waals surface area contributed by atoms with Gasteiger partial charge in [0.15, 0.2) is 5.13 Å². The van der Waals surface area contributed by atoms with Gasteiger partial charge in [0.05, 0.1) is 17.7 Å². The molecule has 0 bridgehead atoms. The highest BCUT2D eigenvalue weighted by Crippen LogP contribution is 2.33. The minimum atomic E-state index is -0.302. The van der Waals surface area contributed by atoms with E-state index in [1.165, 1.54) is 22.7 Å². The normalized spacial score (nSPS) is 10.5. The van der Waals surface area contributed by atoms with Crippen molar-refractivity contribution in [3.05, 3.63) is 81.4 Å². The standard InChI is InChI=1S/C23H19N3O3S2/c1-14-8-9-19(29-2)17(11-14)18-13-31-23(25-18)26-21(27)15-5-3-6-16(12-15)24-22(28)20-7-4-10-30-20/h3-13H,1-2H3,(H,24,28)(H,25,26,27). The maximum Gasteiger partial charge on any atom is 0.265 e. The van der Waals surface area contributed by atoms with E-state index in [9.17, 15) is 9.59 Å². The minimum absolute atomic E-state index is 0.204. The zero-order valence-electron chi connectivity index (χ0n) is 16.8. The monoisotopic (exact) mass is 449 g/mol. The van der Waals surface area contributed by atoms with Gasteiger partial charge in [-0.1, -0.05) is 23.8 Å². The van der Waals surface area contributed by atoms with Crippen molar-refractivity contribution in [2.45, 2.75) is 6.92 Å². The average molecular weight is 450 g/mol. The Hall–Kier alpha value is -3.49. The number of ether oxygens (including phenoxy) is 1. The lowest BCUT2D eigenvalue weighted by Gasteiger charge is -2.07. The SMILES string of the molecule is COc1ccc(C)cc1-c1csc(NC(=O)c2cccc(NC(=O)c3cccs3)c2)n1. The number of hydrogen-bond acceptors (Lipinski definition) is 6. The summed E-state index contributed by atoms with van der Waals surface area (Å²) < 4.78 is 5.43. The summed E-state index contributed by atoms with van der Waals surface area (Å²) in [6.45, 7) is 2.00. The van der Waals surface area contributed by atoms with Crippen molar-refractivity contribution in [1.29, 1.82) is 0 Å². The van der Waals surface area contributed by atoms with Gasteiger partial charge in [-0.25, -0.2) is 4.98 Å². The maximum atomic E-state index is 12.7. The average Bonchev–Trinajstić information content (AvgIpc) is 3.46. The summed E-state index contributed by atoms with van der Waals surface area (Å²) in [5.74, 6) is 0.219. The lowest BCUT2D eigenvalue weighted by atomic mass is 10.1. The Morgan fingerprint density at radius 2 is 1.84 bits per heavy atom. The first-order valence-electron chi connectivity index (χ1n) is 9.40. The molecule has 156 valence electrons. The van der Waals surface area contributed by atoms with Crippen LogP contribution in [0.25, 0.3) is 11.3 Å². The molecule has 4 aromatic rings. The molecule has 0 saturated heterocycles. The Morgan fingerprint density at radius 1 is 0.968 bits per heavy atom. The molecule has 2 N–H and O–H groups in total. The number of benzene rings is 2. The molecule has 0 aliphatic rings. The van der Waals surface area contributed by atoms with Crippen LogP contribution >= 0.6 is 22.7 Å². The second-order valence-corrected chi connectivity index (χ2v) is 8.51. The molecule has 31 heavy (non-hydrogen) atoms. The maximum absolute atomic E-state index is 12.7. The van der Waals surface area contributed by atoms with Crippen LogP contribution < -0.4 is 15.4 Å². The van der Waals surface area contributed by atoms with E-state index in [4.69, 9.17) is 4.74 Å². The van der Waals surface area contributed by atoms with Gasteiger partial charge in [0.1, 0.15) is 5.75 Å².